The molecule has 0 spiro atoms. The number of nitrogens with two attached hydrogens (primary N) is 2. The van der Waals surface area contributed by atoms with Crippen molar-refractivity contribution in [2.24, 2.45) is 0 Å². The summed E-state index contributed by atoms with van der Waals surface area (Å²) in [6.45, 7) is 0. The Labute approximate surface area is 98.5 Å². The Balaban J connectivity index is 3.05. The second-order valence-corrected chi connectivity index (χ2v) is 4.73. The molecule has 0 unspecified atom stereocenters. The lowest BCUT2D eigenvalue weighted by Gasteiger charge is -2.08. The molecule has 2 aromatic rings. The maximum Gasteiger partial charge on any atom is 0.0406 e. The zero-order chi connectivity index (χ0) is 10.3. The minimum absolute atomic E-state index is 0.724. The van der Waals surface area contributed by atoms with Gasteiger partial charge in [-0.1, -0.05) is 31.9 Å². The number of nitrogen functional groups attached to an aromatic ring is 2. The molecule has 0 aromatic heterocycles. The van der Waals surface area contributed by atoms with Gasteiger partial charge in [-0.3, -0.25) is 0 Å². The normalized spacial score (nSPS) is 10.7. The summed E-state index contributed by atoms with van der Waals surface area (Å²) in [5.74, 6) is 0. The van der Waals surface area contributed by atoms with Crippen molar-refractivity contribution in [2.45, 2.75) is 0 Å². The molecule has 14 heavy (non-hydrogen) atoms. The maximum absolute atomic E-state index is 5.89. The minimum Gasteiger partial charge on any atom is -0.398 e. The first kappa shape index (κ1) is 9.80. The molecule has 0 aliphatic rings. The Bertz CT molecular complexity index is 420. The highest BCUT2D eigenvalue weighted by Crippen LogP contribution is 2.37. The third-order valence-corrected chi connectivity index (χ3v) is 3.45. The van der Waals surface area contributed by atoms with E-state index < -0.39 is 0 Å². The SMILES string of the molecule is Nc1ccc(Br)c2c(N)ccc(Br)c12. The average molecular weight is 316 g/mol. The van der Waals surface area contributed by atoms with Crippen LogP contribution >= 0.6 is 31.9 Å². The van der Waals surface area contributed by atoms with E-state index in [0.717, 1.165) is 31.1 Å². The molecule has 0 fully saturated rings. The van der Waals surface area contributed by atoms with Gasteiger partial charge in [0.2, 0.25) is 0 Å². The lowest BCUT2D eigenvalue weighted by Crippen LogP contribution is -1.93. The molecular weight excluding hydrogens is 308 g/mol. The van der Waals surface area contributed by atoms with Crippen molar-refractivity contribution in [1.82, 2.24) is 0 Å². The molecule has 0 heterocycles. The monoisotopic (exact) mass is 314 g/mol. The van der Waals surface area contributed by atoms with Crippen LogP contribution in [0.25, 0.3) is 10.8 Å². The number of hydrogen-bond acceptors (Lipinski definition) is 2. The first-order valence-corrected chi connectivity index (χ1v) is 5.61. The van der Waals surface area contributed by atoms with Crippen molar-refractivity contribution >= 4 is 54.0 Å². The van der Waals surface area contributed by atoms with Crippen molar-refractivity contribution < 1.29 is 0 Å². The Morgan fingerprint density at radius 2 is 1.07 bits per heavy atom. The van der Waals surface area contributed by atoms with Crippen molar-refractivity contribution in [3.63, 3.8) is 0 Å². The fourth-order valence-corrected chi connectivity index (χ4v) is 2.58. The quantitative estimate of drug-likeness (QED) is 0.731. The molecule has 2 aromatic carbocycles. The molecule has 0 amide bonds. The first-order chi connectivity index (χ1) is 6.61. The molecule has 0 saturated heterocycles. The molecule has 0 atom stereocenters. The Hall–Kier alpha value is -0.740. The number of rotatable bonds is 0. The highest BCUT2D eigenvalue weighted by molar-refractivity contribution is 9.11. The molecule has 72 valence electrons. The summed E-state index contributed by atoms with van der Waals surface area (Å²) in [4.78, 5) is 0. The van der Waals surface area contributed by atoms with E-state index in [1.54, 1.807) is 0 Å². The molecule has 0 aliphatic heterocycles. The van der Waals surface area contributed by atoms with Crippen LogP contribution in [0.5, 0.6) is 0 Å². The van der Waals surface area contributed by atoms with E-state index in [1.807, 2.05) is 24.3 Å². The summed E-state index contributed by atoms with van der Waals surface area (Å²) in [6.07, 6.45) is 0. The van der Waals surface area contributed by atoms with Gasteiger partial charge in [0.15, 0.2) is 0 Å². The van der Waals surface area contributed by atoms with Gasteiger partial charge in [-0.15, -0.1) is 0 Å². The zero-order valence-electron chi connectivity index (χ0n) is 7.22. The van der Waals surface area contributed by atoms with Crippen molar-refractivity contribution in [2.75, 3.05) is 11.5 Å². The first-order valence-electron chi connectivity index (χ1n) is 4.03. The maximum atomic E-state index is 5.89. The second-order valence-electron chi connectivity index (χ2n) is 3.02. The van der Waals surface area contributed by atoms with Gasteiger partial charge in [0.1, 0.15) is 0 Å². The third kappa shape index (κ3) is 1.38. The van der Waals surface area contributed by atoms with E-state index in [2.05, 4.69) is 31.9 Å². The van der Waals surface area contributed by atoms with Gasteiger partial charge >= 0.3 is 0 Å². The molecular formula is C10H8Br2N2. The van der Waals surface area contributed by atoms with Crippen LogP contribution < -0.4 is 11.5 Å². The number of benzene rings is 2. The Morgan fingerprint density at radius 3 is 1.43 bits per heavy atom. The minimum atomic E-state index is 0.724. The second kappa shape index (κ2) is 3.44. The van der Waals surface area contributed by atoms with Crippen LogP contribution in [0.2, 0.25) is 0 Å². The van der Waals surface area contributed by atoms with E-state index in [1.165, 1.54) is 0 Å². The van der Waals surface area contributed by atoms with Crippen molar-refractivity contribution in [3.8, 4) is 0 Å². The van der Waals surface area contributed by atoms with E-state index in [0.29, 0.717) is 0 Å². The van der Waals surface area contributed by atoms with Gasteiger partial charge in [-0.2, -0.15) is 0 Å². The predicted octanol–water partition coefficient (Wildman–Crippen LogP) is 3.53. The molecule has 4 heteroatoms. The van der Waals surface area contributed by atoms with Gasteiger partial charge in [0, 0.05) is 31.1 Å². The van der Waals surface area contributed by atoms with Crippen LogP contribution in [0.1, 0.15) is 0 Å². The van der Waals surface area contributed by atoms with E-state index in [4.69, 9.17) is 11.5 Å². The summed E-state index contributed by atoms with van der Waals surface area (Å²) < 4.78 is 1.92. The molecule has 0 radical (unpaired) electrons. The van der Waals surface area contributed by atoms with E-state index >= 15 is 0 Å². The van der Waals surface area contributed by atoms with Crippen LogP contribution in [0.15, 0.2) is 33.2 Å². The van der Waals surface area contributed by atoms with Crippen LogP contribution in [0, 0.1) is 0 Å². The van der Waals surface area contributed by atoms with Crippen molar-refractivity contribution in [1.29, 1.82) is 0 Å². The highest BCUT2D eigenvalue weighted by atomic mass is 79.9. The van der Waals surface area contributed by atoms with Crippen LogP contribution in [-0.2, 0) is 0 Å². The summed E-state index contributed by atoms with van der Waals surface area (Å²) in [5, 5.41) is 1.92. The molecule has 2 rings (SSSR count). The fourth-order valence-electron chi connectivity index (χ4n) is 1.46. The van der Waals surface area contributed by atoms with Gasteiger partial charge in [0.25, 0.3) is 0 Å². The lowest BCUT2D eigenvalue weighted by atomic mass is 10.1. The van der Waals surface area contributed by atoms with Crippen LogP contribution in [-0.4, -0.2) is 0 Å². The smallest absolute Gasteiger partial charge is 0.0406 e. The number of halogens is 2. The van der Waals surface area contributed by atoms with Gasteiger partial charge < -0.3 is 11.5 Å². The summed E-state index contributed by atoms with van der Waals surface area (Å²) in [6, 6.07) is 7.52. The molecule has 0 bridgehead atoms. The topological polar surface area (TPSA) is 52.0 Å². The summed E-state index contributed by atoms with van der Waals surface area (Å²) in [5.41, 5.74) is 13.2. The number of fused-ring (bicyclic) bond motifs is 1. The van der Waals surface area contributed by atoms with E-state index in [9.17, 15) is 0 Å². The molecule has 4 N–H and O–H groups in total. The van der Waals surface area contributed by atoms with E-state index in [-0.39, 0.29) is 0 Å². The Kier molecular flexibility index (Phi) is 2.41. The van der Waals surface area contributed by atoms with Gasteiger partial charge in [0.05, 0.1) is 0 Å². The molecule has 2 nitrogen and oxygen atoms in total. The average Bonchev–Trinajstić information content (AvgIpc) is 2.16. The van der Waals surface area contributed by atoms with Crippen molar-refractivity contribution in [3.05, 3.63) is 33.2 Å². The Morgan fingerprint density at radius 1 is 0.714 bits per heavy atom. The lowest BCUT2D eigenvalue weighted by molar-refractivity contribution is 1.66. The van der Waals surface area contributed by atoms with Crippen LogP contribution in [0.3, 0.4) is 0 Å². The highest BCUT2D eigenvalue weighted by Gasteiger charge is 2.08. The third-order valence-electron chi connectivity index (χ3n) is 2.12. The number of anilines is 2. The zero-order valence-corrected chi connectivity index (χ0v) is 10.4. The van der Waals surface area contributed by atoms with Crippen LogP contribution in [0.4, 0.5) is 11.4 Å². The summed E-state index contributed by atoms with van der Waals surface area (Å²) in [7, 11) is 0. The molecule has 0 aliphatic carbocycles. The standard InChI is InChI=1S/C10H8Br2N2/c11-5-1-3-7(13)10-6(12)2-4-8(14)9(5)10/h1-4H,13-14H2. The van der Waals surface area contributed by atoms with Gasteiger partial charge in [-0.05, 0) is 24.3 Å². The molecule has 0 saturated carbocycles. The number of hydrogen-bond donors (Lipinski definition) is 2. The fraction of sp³-hybridized carbons (Fsp3) is 0. The predicted molar refractivity (Wildman–Crippen MR) is 68.2 cm³/mol. The largest absolute Gasteiger partial charge is 0.398 e. The summed E-state index contributed by atoms with van der Waals surface area (Å²) >= 11 is 6.92. The van der Waals surface area contributed by atoms with Gasteiger partial charge in [-0.25, -0.2) is 0 Å².